The van der Waals surface area contributed by atoms with Gasteiger partial charge in [-0.3, -0.25) is 0 Å². The van der Waals surface area contributed by atoms with Crippen LogP contribution in [0.15, 0.2) is 12.4 Å². The fraction of sp³-hybridized carbons (Fsp3) is 0.600. The topological polar surface area (TPSA) is 35.0 Å². The zero-order valence-electron chi connectivity index (χ0n) is 11.2. The van der Waals surface area contributed by atoms with Gasteiger partial charge >= 0.3 is 0 Å². The average Bonchev–Trinajstić information content (AvgIpc) is 2.40. The van der Waals surface area contributed by atoms with Crippen LogP contribution in [0.1, 0.15) is 51.6 Å². The number of hydrogen-bond acceptors (Lipinski definition) is 3. The van der Waals surface area contributed by atoms with Gasteiger partial charge in [-0.25, -0.2) is 9.97 Å². The summed E-state index contributed by atoms with van der Waals surface area (Å²) in [4.78, 5) is 8.57. The molecule has 0 bridgehead atoms. The van der Waals surface area contributed by atoms with E-state index in [1.54, 1.807) is 13.3 Å². The normalized spacial score (nSPS) is 17.7. The molecule has 1 fully saturated rings. The maximum Gasteiger partial charge on any atom is 0.217 e. The molecule has 1 saturated carbocycles. The van der Waals surface area contributed by atoms with Gasteiger partial charge in [-0.2, -0.15) is 0 Å². The standard InChI is InChI=1S/C15H20N2O/c1-3-4-10-18-14-11-13(16-12-17-14)15(2)8-6-5-7-9-15/h11-12H,5-10H2,1-2H3. The first-order chi connectivity index (χ1) is 8.74. The zero-order chi connectivity index (χ0) is 12.8. The molecule has 0 atom stereocenters. The van der Waals surface area contributed by atoms with Crippen LogP contribution in [0.4, 0.5) is 0 Å². The summed E-state index contributed by atoms with van der Waals surface area (Å²) < 4.78 is 5.50. The summed E-state index contributed by atoms with van der Waals surface area (Å²) in [5, 5.41) is 0. The van der Waals surface area contributed by atoms with Crippen molar-refractivity contribution in [1.82, 2.24) is 9.97 Å². The molecular formula is C15H20N2O. The molecule has 0 N–H and O–H groups in total. The minimum absolute atomic E-state index is 0.190. The van der Waals surface area contributed by atoms with Gasteiger partial charge in [0.1, 0.15) is 6.33 Å². The second-order valence-corrected chi connectivity index (χ2v) is 5.08. The molecule has 3 nitrogen and oxygen atoms in total. The number of ether oxygens (including phenoxy) is 1. The lowest BCUT2D eigenvalue weighted by Crippen LogP contribution is -2.26. The fourth-order valence-corrected chi connectivity index (χ4v) is 2.52. The molecule has 0 radical (unpaired) electrons. The molecule has 1 aromatic heterocycles. The minimum atomic E-state index is 0.190. The Bertz CT molecular complexity index is 453. The maximum atomic E-state index is 5.50. The van der Waals surface area contributed by atoms with Crippen molar-refractivity contribution in [3.05, 3.63) is 18.1 Å². The summed E-state index contributed by atoms with van der Waals surface area (Å²) >= 11 is 0. The highest BCUT2D eigenvalue weighted by atomic mass is 16.5. The Labute approximate surface area is 109 Å². The van der Waals surface area contributed by atoms with E-state index in [9.17, 15) is 0 Å². The molecule has 3 heteroatoms. The van der Waals surface area contributed by atoms with E-state index in [4.69, 9.17) is 4.74 Å². The molecule has 96 valence electrons. The van der Waals surface area contributed by atoms with Crippen molar-refractivity contribution in [3.63, 3.8) is 0 Å². The Hall–Kier alpha value is -1.56. The van der Waals surface area contributed by atoms with Crippen molar-refractivity contribution in [2.24, 2.45) is 0 Å². The smallest absolute Gasteiger partial charge is 0.217 e. The molecule has 18 heavy (non-hydrogen) atoms. The summed E-state index contributed by atoms with van der Waals surface area (Å²) in [5.74, 6) is 6.31. The summed E-state index contributed by atoms with van der Waals surface area (Å²) in [5.41, 5.74) is 1.30. The van der Waals surface area contributed by atoms with E-state index in [2.05, 4.69) is 28.7 Å². The van der Waals surface area contributed by atoms with Gasteiger partial charge in [-0.1, -0.05) is 32.1 Å². The van der Waals surface area contributed by atoms with E-state index in [-0.39, 0.29) is 5.41 Å². The van der Waals surface area contributed by atoms with Gasteiger partial charge in [0.15, 0.2) is 6.61 Å². The third-order valence-corrected chi connectivity index (χ3v) is 3.69. The molecule has 0 aliphatic heterocycles. The Morgan fingerprint density at radius 1 is 1.28 bits per heavy atom. The monoisotopic (exact) mass is 244 g/mol. The fourth-order valence-electron chi connectivity index (χ4n) is 2.52. The molecule has 0 spiro atoms. The van der Waals surface area contributed by atoms with Gasteiger partial charge in [0.25, 0.3) is 0 Å². The van der Waals surface area contributed by atoms with Crippen LogP contribution >= 0.6 is 0 Å². The van der Waals surface area contributed by atoms with Crippen molar-refractivity contribution in [1.29, 1.82) is 0 Å². The minimum Gasteiger partial charge on any atom is -0.464 e. The van der Waals surface area contributed by atoms with E-state index in [0.29, 0.717) is 12.5 Å². The van der Waals surface area contributed by atoms with Crippen LogP contribution in [0.25, 0.3) is 0 Å². The highest BCUT2D eigenvalue weighted by Crippen LogP contribution is 2.38. The van der Waals surface area contributed by atoms with Gasteiger partial charge in [0.05, 0.1) is 5.69 Å². The van der Waals surface area contributed by atoms with Gasteiger partial charge in [0, 0.05) is 11.5 Å². The van der Waals surface area contributed by atoms with Crippen LogP contribution in [-0.4, -0.2) is 16.6 Å². The molecule has 0 aromatic carbocycles. The molecule has 0 unspecified atom stereocenters. The van der Waals surface area contributed by atoms with Crippen molar-refractivity contribution in [3.8, 4) is 17.7 Å². The largest absolute Gasteiger partial charge is 0.464 e. The Morgan fingerprint density at radius 2 is 2.06 bits per heavy atom. The SMILES string of the molecule is CC#CCOc1cc(C2(C)CCCCC2)ncn1. The third kappa shape index (κ3) is 3.01. The highest BCUT2D eigenvalue weighted by molar-refractivity contribution is 5.22. The summed E-state index contributed by atoms with van der Waals surface area (Å²) in [6.07, 6.45) is 7.94. The second kappa shape index (κ2) is 5.86. The van der Waals surface area contributed by atoms with Gasteiger partial charge < -0.3 is 4.74 Å². The molecule has 0 amide bonds. The lowest BCUT2D eigenvalue weighted by Gasteiger charge is -2.32. The number of rotatable bonds is 3. The van der Waals surface area contributed by atoms with Crippen LogP contribution in [0, 0.1) is 11.8 Å². The quantitative estimate of drug-likeness (QED) is 0.766. The van der Waals surface area contributed by atoms with E-state index in [0.717, 1.165) is 5.69 Å². The highest BCUT2D eigenvalue weighted by Gasteiger charge is 2.30. The van der Waals surface area contributed by atoms with Crippen LogP contribution in [0.3, 0.4) is 0 Å². The lowest BCUT2D eigenvalue weighted by molar-refractivity contribution is 0.306. The predicted molar refractivity (Wildman–Crippen MR) is 71.4 cm³/mol. The summed E-state index contributed by atoms with van der Waals surface area (Å²) in [6, 6.07) is 1.97. The zero-order valence-corrected chi connectivity index (χ0v) is 11.2. The molecular weight excluding hydrogens is 224 g/mol. The second-order valence-electron chi connectivity index (χ2n) is 5.08. The van der Waals surface area contributed by atoms with Gasteiger partial charge in [-0.15, -0.1) is 5.92 Å². The third-order valence-electron chi connectivity index (χ3n) is 3.69. The lowest BCUT2D eigenvalue weighted by atomic mass is 9.73. The van der Waals surface area contributed by atoms with E-state index >= 15 is 0 Å². The Kier molecular flexibility index (Phi) is 4.19. The first kappa shape index (κ1) is 12.9. The Balaban J connectivity index is 2.12. The summed E-state index contributed by atoms with van der Waals surface area (Å²) in [6.45, 7) is 4.49. The molecule has 1 aromatic rings. The van der Waals surface area contributed by atoms with Crippen LogP contribution in [0.2, 0.25) is 0 Å². The molecule has 1 aliphatic carbocycles. The van der Waals surface area contributed by atoms with Crippen LogP contribution in [-0.2, 0) is 5.41 Å². The van der Waals surface area contributed by atoms with Crippen molar-refractivity contribution in [2.75, 3.05) is 6.61 Å². The van der Waals surface area contributed by atoms with Crippen molar-refractivity contribution in [2.45, 2.75) is 51.4 Å². The Morgan fingerprint density at radius 3 is 2.78 bits per heavy atom. The first-order valence-electron chi connectivity index (χ1n) is 6.59. The van der Waals surface area contributed by atoms with Crippen LogP contribution < -0.4 is 4.74 Å². The van der Waals surface area contributed by atoms with E-state index < -0.39 is 0 Å². The van der Waals surface area contributed by atoms with Crippen LogP contribution in [0.5, 0.6) is 5.88 Å². The van der Waals surface area contributed by atoms with Gasteiger partial charge in [0.2, 0.25) is 5.88 Å². The van der Waals surface area contributed by atoms with Crippen molar-refractivity contribution >= 4 is 0 Å². The summed E-state index contributed by atoms with van der Waals surface area (Å²) in [7, 11) is 0. The number of nitrogens with zero attached hydrogens (tertiary/aromatic N) is 2. The van der Waals surface area contributed by atoms with E-state index in [1.165, 1.54) is 32.1 Å². The predicted octanol–water partition coefficient (Wildman–Crippen LogP) is 3.10. The number of aromatic nitrogens is 2. The average molecular weight is 244 g/mol. The molecule has 1 heterocycles. The number of hydrogen-bond donors (Lipinski definition) is 0. The van der Waals surface area contributed by atoms with E-state index in [1.807, 2.05) is 6.07 Å². The molecule has 2 rings (SSSR count). The maximum absolute atomic E-state index is 5.50. The molecule has 0 saturated heterocycles. The van der Waals surface area contributed by atoms with Gasteiger partial charge in [-0.05, 0) is 19.8 Å². The van der Waals surface area contributed by atoms with Crippen molar-refractivity contribution < 1.29 is 4.74 Å². The first-order valence-corrected chi connectivity index (χ1v) is 6.59. The molecule has 1 aliphatic rings.